The van der Waals surface area contributed by atoms with Crippen LogP contribution in [-0.4, -0.2) is 38.3 Å². The highest BCUT2D eigenvalue weighted by Gasteiger charge is 2.39. The standard InChI is InChI=1S/C18H19BrN2O4S/c1-25-15-8-10-16(11-9-15)26(23,24)21-12-2-3-17(21)18(22)20-14-6-4-13(19)5-7-14/h4-11,17H,2-3,12H2,1H3,(H,20,22). The van der Waals surface area contributed by atoms with Gasteiger partial charge in [-0.15, -0.1) is 0 Å². The van der Waals surface area contributed by atoms with Crippen LogP contribution in [0, 0.1) is 0 Å². The number of amides is 1. The number of hydrogen-bond acceptors (Lipinski definition) is 4. The average Bonchev–Trinajstić information content (AvgIpc) is 3.14. The van der Waals surface area contributed by atoms with E-state index in [-0.39, 0.29) is 10.8 Å². The van der Waals surface area contributed by atoms with Crippen molar-refractivity contribution in [2.45, 2.75) is 23.8 Å². The molecule has 1 unspecified atom stereocenters. The second kappa shape index (κ2) is 7.77. The van der Waals surface area contributed by atoms with Crippen molar-refractivity contribution in [2.75, 3.05) is 19.0 Å². The normalized spacial score (nSPS) is 17.8. The molecule has 1 amide bonds. The fraction of sp³-hybridized carbons (Fsp3) is 0.278. The lowest BCUT2D eigenvalue weighted by Crippen LogP contribution is -2.43. The van der Waals surface area contributed by atoms with Crippen molar-refractivity contribution in [3.8, 4) is 5.75 Å². The lowest BCUT2D eigenvalue weighted by atomic mass is 10.2. The summed E-state index contributed by atoms with van der Waals surface area (Å²) in [4.78, 5) is 12.8. The summed E-state index contributed by atoms with van der Waals surface area (Å²) in [5.74, 6) is 0.261. The number of rotatable bonds is 5. The number of hydrogen-bond donors (Lipinski definition) is 1. The van der Waals surface area contributed by atoms with Crippen LogP contribution in [0.1, 0.15) is 12.8 Å². The Balaban J connectivity index is 1.79. The van der Waals surface area contributed by atoms with Gasteiger partial charge < -0.3 is 10.1 Å². The molecule has 0 radical (unpaired) electrons. The van der Waals surface area contributed by atoms with E-state index < -0.39 is 16.1 Å². The monoisotopic (exact) mass is 438 g/mol. The molecule has 0 saturated carbocycles. The molecule has 1 N–H and O–H groups in total. The van der Waals surface area contributed by atoms with E-state index in [1.54, 1.807) is 24.3 Å². The summed E-state index contributed by atoms with van der Waals surface area (Å²) in [6.45, 7) is 0.326. The highest BCUT2D eigenvalue weighted by molar-refractivity contribution is 9.10. The summed E-state index contributed by atoms with van der Waals surface area (Å²) in [5.41, 5.74) is 0.631. The summed E-state index contributed by atoms with van der Waals surface area (Å²) < 4.78 is 33.1. The zero-order valence-corrected chi connectivity index (χ0v) is 16.6. The first kappa shape index (κ1) is 18.9. The molecular weight excluding hydrogens is 420 g/mol. The number of carbonyl (C=O) groups is 1. The van der Waals surface area contributed by atoms with Crippen LogP contribution in [0.5, 0.6) is 5.75 Å². The van der Waals surface area contributed by atoms with Crippen LogP contribution in [0.15, 0.2) is 57.9 Å². The highest BCUT2D eigenvalue weighted by atomic mass is 79.9. The van der Waals surface area contributed by atoms with Crippen LogP contribution in [0.4, 0.5) is 5.69 Å². The molecule has 2 aromatic carbocycles. The van der Waals surface area contributed by atoms with Gasteiger partial charge >= 0.3 is 0 Å². The molecule has 1 fully saturated rings. The summed E-state index contributed by atoms with van der Waals surface area (Å²) in [5, 5.41) is 2.80. The van der Waals surface area contributed by atoms with Crippen LogP contribution < -0.4 is 10.1 Å². The second-order valence-corrected chi connectivity index (χ2v) is 8.75. The molecule has 0 spiro atoms. The van der Waals surface area contributed by atoms with Crippen molar-refractivity contribution in [3.05, 3.63) is 53.0 Å². The molecule has 3 rings (SSSR count). The van der Waals surface area contributed by atoms with Gasteiger partial charge in [-0.3, -0.25) is 4.79 Å². The first-order valence-electron chi connectivity index (χ1n) is 8.14. The molecule has 1 atom stereocenters. The molecule has 0 aliphatic carbocycles. The molecule has 6 nitrogen and oxygen atoms in total. The maximum absolute atomic E-state index is 12.9. The highest BCUT2D eigenvalue weighted by Crippen LogP contribution is 2.28. The van der Waals surface area contributed by atoms with Gasteiger partial charge in [0.1, 0.15) is 11.8 Å². The fourth-order valence-electron chi connectivity index (χ4n) is 2.93. The zero-order valence-electron chi connectivity index (χ0n) is 14.2. The summed E-state index contributed by atoms with van der Waals surface area (Å²) in [6.07, 6.45) is 1.14. The lowest BCUT2D eigenvalue weighted by molar-refractivity contribution is -0.119. The van der Waals surface area contributed by atoms with E-state index >= 15 is 0 Å². The van der Waals surface area contributed by atoms with E-state index in [9.17, 15) is 13.2 Å². The minimum Gasteiger partial charge on any atom is -0.497 e. The number of sulfonamides is 1. The molecule has 2 aromatic rings. The van der Waals surface area contributed by atoms with Gasteiger partial charge in [-0.1, -0.05) is 15.9 Å². The molecule has 1 heterocycles. The Morgan fingerprint density at radius 1 is 1.15 bits per heavy atom. The summed E-state index contributed by atoms with van der Waals surface area (Å²) in [6, 6.07) is 12.6. The Bertz CT molecular complexity index is 882. The van der Waals surface area contributed by atoms with Gasteiger partial charge in [0.05, 0.1) is 12.0 Å². The Morgan fingerprint density at radius 2 is 1.81 bits per heavy atom. The Hall–Kier alpha value is -1.90. The number of halogens is 1. The first-order valence-corrected chi connectivity index (χ1v) is 10.4. The van der Waals surface area contributed by atoms with E-state index in [0.717, 1.165) is 4.47 Å². The lowest BCUT2D eigenvalue weighted by Gasteiger charge is -2.23. The van der Waals surface area contributed by atoms with Crippen molar-refractivity contribution in [2.24, 2.45) is 0 Å². The molecule has 1 aliphatic heterocycles. The number of methoxy groups -OCH3 is 1. The predicted octanol–water partition coefficient (Wildman–Crippen LogP) is 3.25. The van der Waals surface area contributed by atoms with Crippen LogP contribution in [0.25, 0.3) is 0 Å². The van der Waals surface area contributed by atoms with Gasteiger partial charge in [-0.2, -0.15) is 4.31 Å². The maximum Gasteiger partial charge on any atom is 0.243 e. The number of ether oxygens (including phenoxy) is 1. The van der Waals surface area contributed by atoms with Crippen molar-refractivity contribution in [1.82, 2.24) is 4.31 Å². The number of nitrogens with zero attached hydrogens (tertiary/aromatic N) is 1. The van der Waals surface area contributed by atoms with Gasteiger partial charge in [-0.05, 0) is 61.4 Å². The fourth-order valence-corrected chi connectivity index (χ4v) is 4.85. The number of anilines is 1. The molecule has 0 bridgehead atoms. The smallest absolute Gasteiger partial charge is 0.243 e. The van der Waals surface area contributed by atoms with Gasteiger partial charge in [-0.25, -0.2) is 8.42 Å². The van der Waals surface area contributed by atoms with E-state index in [1.807, 2.05) is 12.1 Å². The van der Waals surface area contributed by atoms with Crippen LogP contribution in [0.3, 0.4) is 0 Å². The molecular formula is C18H19BrN2O4S. The predicted molar refractivity (Wildman–Crippen MR) is 103 cm³/mol. The van der Waals surface area contributed by atoms with Gasteiger partial charge in [0.25, 0.3) is 0 Å². The van der Waals surface area contributed by atoms with Crippen molar-refractivity contribution >= 4 is 37.5 Å². The van der Waals surface area contributed by atoms with E-state index in [2.05, 4.69) is 21.2 Å². The van der Waals surface area contributed by atoms with Gasteiger partial charge in [0.2, 0.25) is 15.9 Å². The van der Waals surface area contributed by atoms with Crippen LogP contribution >= 0.6 is 15.9 Å². The average molecular weight is 439 g/mol. The Labute approximate surface area is 161 Å². The third-order valence-electron chi connectivity index (χ3n) is 4.28. The third kappa shape index (κ3) is 3.92. The number of carbonyl (C=O) groups excluding carboxylic acids is 1. The third-order valence-corrected chi connectivity index (χ3v) is 6.74. The van der Waals surface area contributed by atoms with Crippen molar-refractivity contribution < 1.29 is 17.9 Å². The SMILES string of the molecule is COc1ccc(S(=O)(=O)N2CCCC2C(=O)Nc2ccc(Br)cc2)cc1. The maximum atomic E-state index is 12.9. The van der Waals surface area contributed by atoms with E-state index in [1.165, 1.54) is 23.5 Å². The van der Waals surface area contributed by atoms with Gasteiger partial charge in [0.15, 0.2) is 0 Å². The topological polar surface area (TPSA) is 75.7 Å². The molecule has 1 saturated heterocycles. The largest absolute Gasteiger partial charge is 0.497 e. The second-order valence-electron chi connectivity index (χ2n) is 5.95. The molecule has 138 valence electrons. The first-order chi connectivity index (χ1) is 12.4. The molecule has 0 aromatic heterocycles. The summed E-state index contributed by atoms with van der Waals surface area (Å²) in [7, 11) is -2.23. The van der Waals surface area contributed by atoms with E-state index in [0.29, 0.717) is 30.8 Å². The summed E-state index contributed by atoms with van der Waals surface area (Å²) >= 11 is 3.34. The Morgan fingerprint density at radius 3 is 2.42 bits per heavy atom. The number of nitrogens with one attached hydrogen (secondary N) is 1. The quantitative estimate of drug-likeness (QED) is 0.776. The van der Waals surface area contributed by atoms with Crippen LogP contribution in [-0.2, 0) is 14.8 Å². The molecule has 1 aliphatic rings. The molecule has 8 heteroatoms. The Kier molecular flexibility index (Phi) is 5.64. The van der Waals surface area contributed by atoms with Crippen molar-refractivity contribution in [3.63, 3.8) is 0 Å². The molecule has 26 heavy (non-hydrogen) atoms. The zero-order chi connectivity index (χ0) is 18.7. The van der Waals surface area contributed by atoms with Crippen LogP contribution in [0.2, 0.25) is 0 Å². The number of benzene rings is 2. The van der Waals surface area contributed by atoms with Crippen molar-refractivity contribution in [1.29, 1.82) is 0 Å². The minimum absolute atomic E-state index is 0.154. The van der Waals surface area contributed by atoms with E-state index in [4.69, 9.17) is 4.74 Å². The minimum atomic E-state index is -3.75. The van der Waals surface area contributed by atoms with Gasteiger partial charge in [0, 0.05) is 16.7 Å².